The van der Waals surface area contributed by atoms with Gasteiger partial charge >= 0.3 is 5.97 Å². The second-order valence-electron chi connectivity index (χ2n) is 6.00. The largest absolute Gasteiger partial charge is 0.480 e. The van der Waals surface area contributed by atoms with Gasteiger partial charge in [0.2, 0.25) is 17.7 Å². The monoisotopic (exact) mass is 376 g/mol. The summed E-state index contributed by atoms with van der Waals surface area (Å²) in [5.74, 6) is -3.88. The van der Waals surface area contributed by atoms with Gasteiger partial charge in [0.1, 0.15) is 18.1 Å². The fraction of sp³-hybridized carbons (Fsp3) is 0.733. The molecule has 0 saturated heterocycles. The van der Waals surface area contributed by atoms with Crippen molar-refractivity contribution in [2.45, 2.75) is 51.4 Å². The number of aliphatic carboxylic acids is 1. The first-order valence-corrected chi connectivity index (χ1v) is 8.19. The predicted molar refractivity (Wildman–Crippen MR) is 90.7 cm³/mol. The molecule has 0 aliphatic heterocycles. The van der Waals surface area contributed by atoms with E-state index in [-0.39, 0.29) is 5.92 Å². The van der Waals surface area contributed by atoms with Crippen LogP contribution in [-0.4, -0.2) is 76.4 Å². The highest BCUT2D eigenvalue weighted by Gasteiger charge is 2.29. The highest BCUT2D eigenvalue weighted by molar-refractivity contribution is 5.92. The Bertz CT molecular complexity index is 512. The third-order valence-corrected chi connectivity index (χ3v) is 3.85. The minimum absolute atomic E-state index is 0.285. The van der Waals surface area contributed by atoms with Crippen molar-refractivity contribution in [3.63, 3.8) is 0 Å². The molecule has 0 spiro atoms. The maximum Gasteiger partial charge on any atom is 0.328 e. The smallest absolute Gasteiger partial charge is 0.328 e. The molecular formula is C15H28N4O7. The van der Waals surface area contributed by atoms with Gasteiger partial charge in [-0.3, -0.25) is 14.4 Å². The molecule has 8 N–H and O–H groups in total. The number of rotatable bonds is 11. The number of carbonyl (C=O) groups excluding carboxylic acids is 3. The van der Waals surface area contributed by atoms with Crippen molar-refractivity contribution in [3.05, 3.63) is 0 Å². The molecule has 0 saturated carbocycles. The highest BCUT2D eigenvalue weighted by atomic mass is 16.4. The van der Waals surface area contributed by atoms with Crippen LogP contribution in [0.25, 0.3) is 0 Å². The molecule has 0 fully saturated rings. The van der Waals surface area contributed by atoms with Gasteiger partial charge in [0, 0.05) is 0 Å². The molecule has 0 heterocycles. The Morgan fingerprint density at radius 1 is 1.08 bits per heavy atom. The molecule has 11 heteroatoms. The summed E-state index contributed by atoms with van der Waals surface area (Å²) in [6, 6.07) is -3.68. The summed E-state index contributed by atoms with van der Waals surface area (Å²) in [5.41, 5.74) is 5.53. The number of aliphatic hydroxyl groups excluding tert-OH is 2. The lowest BCUT2D eigenvalue weighted by molar-refractivity contribution is -0.142. The number of amides is 3. The van der Waals surface area contributed by atoms with Crippen LogP contribution in [0.5, 0.6) is 0 Å². The zero-order valence-electron chi connectivity index (χ0n) is 15.1. The predicted octanol–water partition coefficient (Wildman–Crippen LogP) is -3.10. The minimum atomic E-state index is -1.48. The number of nitrogens with one attached hydrogen (secondary N) is 3. The van der Waals surface area contributed by atoms with Crippen molar-refractivity contribution in [2.24, 2.45) is 11.7 Å². The van der Waals surface area contributed by atoms with Gasteiger partial charge in [0.25, 0.3) is 0 Å². The molecular weight excluding hydrogens is 348 g/mol. The van der Waals surface area contributed by atoms with Crippen LogP contribution >= 0.6 is 0 Å². The number of carboxylic acid groups (broad SMARTS) is 1. The van der Waals surface area contributed by atoms with Crippen LogP contribution in [0.2, 0.25) is 0 Å². The van der Waals surface area contributed by atoms with E-state index in [1.54, 1.807) is 13.8 Å². The maximum absolute atomic E-state index is 12.3. The van der Waals surface area contributed by atoms with Gasteiger partial charge in [-0.1, -0.05) is 20.3 Å². The molecule has 0 rings (SSSR count). The summed E-state index contributed by atoms with van der Waals surface area (Å²) in [4.78, 5) is 46.7. The van der Waals surface area contributed by atoms with Crippen molar-refractivity contribution in [1.29, 1.82) is 0 Å². The van der Waals surface area contributed by atoms with Gasteiger partial charge < -0.3 is 37.0 Å². The molecule has 0 bridgehead atoms. The van der Waals surface area contributed by atoms with Crippen molar-refractivity contribution in [1.82, 2.24) is 16.0 Å². The quantitative estimate of drug-likeness (QED) is 0.197. The summed E-state index contributed by atoms with van der Waals surface area (Å²) in [7, 11) is 0. The molecule has 3 amide bonds. The lowest BCUT2D eigenvalue weighted by atomic mass is 9.97. The SMILES string of the molecule is CC[C@H](C)[C@H](NC(=O)[C@@H](N)[C@@H](C)O)C(=O)NCC(=O)N[C@@H](CO)C(=O)O. The van der Waals surface area contributed by atoms with Crippen LogP contribution in [0.3, 0.4) is 0 Å². The average molecular weight is 376 g/mol. The molecule has 0 aromatic heterocycles. The Morgan fingerprint density at radius 2 is 1.65 bits per heavy atom. The molecule has 0 unspecified atom stereocenters. The molecule has 5 atom stereocenters. The number of nitrogens with two attached hydrogens (primary N) is 1. The third kappa shape index (κ3) is 7.76. The molecule has 150 valence electrons. The highest BCUT2D eigenvalue weighted by Crippen LogP contribution is 2.08. The van der Waals surface area contributed by atoms with Crippen molar-refractivity contribution in [2.75, 3.05) is 13.2 Å². The topological polar surface area (TPSA) is 191 Å². The van der Waals surface area contributed by atoms with Crippen LogP contribution in [0.4, 0.5) is 0 Å². The van der Waals surface area contributed by atoms with E-state index in [2.05, 4.69) is 10.6 Å². The van der Waals surface area contributed by atoms with Gasteiger partial charge in [0.05, 0.1) is 19.3 Å². The van der Waals surface area contributed by atoms with Crippen molar-refractivity contribution >= 4 is 23.7 Å². The van der Waals surface area contributed by atoms with Crippen molar-refractivity contribution < 1.29 is 34.5 Å². The average Bonchev–Trinajstić information content (AvgIpc) is 2.59. The second kappa shape index (κ2) is 11.4. The van der Waals surface area contributed by atoms with Crippen LogP contribution in [-0.2, 0) is 19.2 Å². The fourth-order valence-electron chi connectivity index (χ4n) is 1.88. The van der Waals surface area contributed by atoms with Gasteiger partial charge in [0.15, 0.2) is 0 Å². The second-order valence-corrected chi connectivity index (χ2v) is 6.00. The van der Waals surface area contributed by atoms with Crippen LogP contribution in [0.15, 0.2) is 0 Å². The zero-order valence-corrected chi connectivity index (χ0v) is 15.1. The van der Waals surface area contributed by atoms with E-state index in [4.69, 9.17) is 15.9 Å². The van der Waals surface area contributed by atoms with Gasteiger partial charge in [-0.2, -0.15) is 0 Å². The Kier molecular flexibility index (Phi) is 10.4. The van der Waals surface area contributed by atoms with Gasteiger partial charge in [-0.15, -0.1) is 0 Å². The first-order chi connectivity index (χ1) is 12.0. The molecule has 11 nitrogen and oxygen atoms in total. The number of carboxylic acids is 1. The summed E-state index contributed by atoms with van der Waals surface area (Å²) in [5, 5.41) is 33.7. The first kappa shape index (κ1) is 23.8. The minimum Gasteiger partial charge on any atom is -0.480 e. The molecule has 0 aromatic carbocycles. The van der Waals surface area contributed by atoms with E-state index in [1.165, 1.54) is 6.92 Å². The maximum atomic E-state index is 12.3. The fourth-order valence-corrected chi connectivity index (χ4v) is 1.88. The number of hydrogen-bond donors (Lipinski definition) is 7. The number of aliphatic hydroxyl groups is 2. The summed E-state index contributed by atoms with van der Waals surface area (Å²) in [6.45, 7) is 3.53. The summed E-state index contributed by atoms with van der Waals surface area (Å²) >= 11 is 0. The van der Waals surface area contributed by atoms with Crippen LogP contribution in [0.1, 0.15) is 27.2 Å². The lowest BCUT2D eigenvalue weighted by Gasteiger charge is -2.25. The Morgan fingerprint density at radius 3 is 2.08 bits per heavy atom. The van der Waals surface area contributed by atoms with E-state index in [1.807, 2.05) is 5.32 Å². The van der Waals surface area contributed by atoms with Crippen molar-refractivity contribution in [3.8, 4) is 0 Å². The van der Waals surface area contributed by atoms with E-state index < -0.39 is 61.1 Å². The Balaban J connectivity index is 4.82. The van der Waals surface area contributed by atoms with E-state index in [0.717, 1.165) is 0 Å². The standard InChI is InChI=1S/C15H28N4O7/c1-4-7(2)12(19-13(23)11(16)8(3)21)14(24)17-5-10(22)18-9(6-20)15(25)26/h7-9,11-12,20-21H,4-6,16H2,1-3H3,(H,17,24)(H,18,22)(H,19,23)(H,25,26)/t7-,8+,9-,11-,12-/m0/s1. The third-order valence-electron chi connectivity index (χ3n) is 3.85. The molecule has 0 aliphatic carbocycles. The lowest BCUT2D eigenvalue weighted by Crippen LogP contribution is -2.57. The number of hydrogen-bond acceptors (Lipinski definition) is 7. The van der Waals surface area contributed by atoms with Crippen LogP contribution < -0.4 is 21.7 Å². The summed E-state index contributed by atoms with van der Waals surface area (Å²) < 4.78 is 0. The normalized spacial score (nSPS) is 16.5. The molecule has 0 aliphatic rings. The van der Waals surface area contributed by atoms with E-state index in [9.17, 15) is 24.3 Å². The summed E-state index contributed by atoms with van der Waals surface area (Å²) in [6.07, 6.45) is -0.562. The molecule has 0 radical (unpaired) electrons. The van der Waals surface area contributed by atoms with Gasteiger partial charge in [-0.25, -0.2) is 4.79 Å². The molecule has 0 aromatic rings. The Labute approximate surface area is 151 Å². The zero-order chi connectivity index (χ0) is 20.4. The van der Waals surface area contributed by atoms with Crippen LogP contribution in [0, 0.1) is 5.92 Å². The van der Waals surface area contributed by atoms with E-state index >= 15 is 0 Å². The Hall–Kier alpha value is -2.24. The van der Waals surface area contributed by atoms with Gasteiger partial charge in [-0.05, 0) is 12.8 Å². The van der Waals surface area contributed by atoms with E-state index in [0.29, 0.717) is 6.42 Å². The first-order valence-electron chi connectivity index (χ1n) is 8.19. The molecule has 26 heavy (non-hydrogen) atoms. The number of carbonyl (C=O) groups is 4.